The van der Waals surface area contributed by atoms with E-state index in [1.807, 2.05) is 25.9 Å². The first kappa shape index (κ1) is 9.43. The SMILES string of the molecule is CC(=O)O[C@@H](C)CN(C)C. The summed E-state index contributed by atoms with van der Waals surface area (Å²) in [5, 5.41) is 0. The lowest BCUT2D eigenvalue weighted by Gasteiger charge is -2.16. The number of hydrogen-bond donors (Lipinski definition) is 0. The molecular weight excluding hydrogens is 130 g/mol. The first-order valence-corrected chi connectivity index (χ1v) is 3.34. The van der Waals surface area contributed by atoms with E-state index < -0.39 is 0 Å². The minimum atomic E-state index is -0.214. The van der Waals surface area contributed by atoms with Crippen LogP contribution in [0.15, 0.2) is 0 Å². The number of carbonyl (C=O) groups excluding carboxylic acids is 1. The zero-order valence-electron chi connectivity index (χ0n) is 7.05. The number of carbonyl (C=O) groups is 1. The monoisotopic (exact) mass is 145 g/mol. The van der Waals surface area contributed by atoms with Crippen molar-refractivity contribution in [2.24, 2.45) is 0 Å². The van der Waals surface area contributed by atoms with Crippen LogP contribution >= 0.6 is 0 Å². The van der Waals surface area contributed by atoms with Crippen molar-refractivity contribution in [3.8, 4) is 0 Å². The van der Waals surface area contributed by atoms with Gasteiger partial charge in [-0.3, -0.25) is 4.79 Å². The lowest BCUT2D eigenvalue weighted by molar-refractivity contribution is -0.145. The van der Waals surface area contributed by atoms with Gasteiger partial charge in [-0.2, -0.15) is 0 Å². The maximum absolute atomic E-state index is 10.4. The summed E-state index contributed by atoms with van der Waals surface area (Å²) in [5.74, 6) is -0.214. The van der Waals surface area contributed by atoms with E-state index in [-0.39, 0.29) is 12.1 Å². The van der Waals surface area contributed by atoms with Gasteiger partial charge in [0.25, 0.3) is 0 Å². The first-order valence-electron chi connectivity index (χ1n) is 3.34. The predicted molar refractivity (Wildman–Crippen MR) is 39.8 cm³/mol. The third kappa shape index (κ3) is 5.56. The maximum Gasteiger partial charge on any atom is 0.302 e. The molecule has 3 nitrogen and oxygen atoms in total. The van der Waals surface area contributed by atoms with Gasteiger partial charge in [0.15, 0.2) is 0 Å². The highest BCUT2D eigenvalue weighted by atomic mass is 16.5. The molecule has 0 unspecified atom stereocenters. The molecule has 0 aliphatic rings. The number of rotatable bonds is 3. The van der Waals surface area contributed by atoms with Crippen molar-refractivity contribution in [3.63, 3.8) is 0 Å². The standard InChI is InChI=1S/C7H15NO2/c1-6(5-8(3)4)10-7(2)9/h6H,5H2,1-4H3/t6-/m0/s1. The molecule has 1 atom stereocenters. The minimum absolute atomic E-state index is 0.00694. The average Bonchev–Trinajstić information content (AvgIpc) is 1.58. The molecule has 10 heavy (non-hydrogen) atoms. The van der Waals surface area contributed by atoms with Crippen LogP contribution in [0.2, 0.25) is 0 Å². The van der Waals surface area contributed by atoms with E-state index in [0.29, 0.717) is 0 Å². The summed E-state index contributed by atoms with van der Waals surface area (Å²) in [6.45, 7) is 4.08. The Balaban J connectivity index is 3.43. The van der Waals surface area contributed by atoms with Crippen LogP contribution in [-0.4, -0.2) is 37.6 Å². The Hall–Kier alpha value is -0.570. The molecule has 0 bridgehead atoms. The highest BCUT2D eigenvalue weighted by Crippen LogP contribution is 1.91. The summed E-state index contributed by atoms with van der Waals surface area (Å²) < 4.78 is 4.88. The molecule has 0 radical (unpaired) electrons. The molecule has 0 aromatic carbocycles. The molecule has 3 heteroatoms. The van der Waals surface area contributed by atoms with Gasteiger partial charge >= 0.3 is 5.97 Å². The van der Waals surface area contributed by atoms with Crippen LogP contribution < -0.4 is 0 Å². The van der Waals surface area contributed by atoms with E-state index in [2.05, 4.69) is 0 Å². The van der Waals surface area contributed by atoms with Gasteiger partial charge in [0.05, 0.1) is 0 Å². The van der Waals surface area contributed by atoms with Gasteiger partial charge in [0, 0.05) is 13.5 Å². The second-order valence-corrected chi connectivity index (χ2v) is 2.68. The first-order chi connectivity index (χ1) is 4.52. The quantitative estimate of drug-likeness (QED) is 0.542. The molecule has 0 rings (SSSR count). The van der Waals surface area contributed by atoms with Gasteiger partial charge in [0.2, 0.25) is 0 Å². The summed E-state index contributed by atoms with van der Waals surface area (Å²) >= 11 is 0. The smallest absolute Gasteiger partial charge is 0.302 e. The van der Waals surface area contributed by atoms with E-state index >= 15 is 0 Å². The van der Waals surface area contributed by atoms with Crippen molar-refractivity contribution in [2.75, 3.05) is 20.6 Å². The van der Waals surface area contributed by atoms with Crippen molar-refractivity contribution in [2.45, 2.75) is 20.0 Å². The van der Waals surface area contributed by atoms with Crippen LogP contribution in [-0.2, 0) is 9.53 Å². The molecule has 0 aliphatic carbocycles. The molecule has 0 heterocycles. The minimum Gasteiger partial charge on any atom is -0.461 e. The van der Waals surface area contributed by atoms with E-state index in [1.165, 1.54) is 6.92 Å². The second-order valence-electron chi connectivity index (χ2n) is 2.68. The second kappa shape index (κ2) is 4.28. The highest BCUT2D eigenvalue weighted by Gasteiger charge is 2.04. The van der Waals surface area contributed by atoms with Crippen molar-refractivity contribution >= 4 is 5.97 Å². The number of ether oxygens (including phenoxy) is 1. The lowest BCUT2D eigenvalue weighted by Crippen LogP contribution is -2.27. The third-order valence-corrected chi connectivity index (χ3v) is 0.989. The van der Waals surface area contributed by atoms with Crippen LogP contribution in [0.3, 0.4) is 0 Å². The molecule has 0 fully saturated rings. The Kier molecular flexibility index (Phi) is 4.03. The number of hydrogen-bond acceptors (Lipinski definition) is 3. The van der Waals surface area contributed by atoms with Gasteiger partial charge in [-0.25, -0.2) is 0 Å². The van der Waals surface area contributed by atoms with Gasteiger partial charge in [-0.05, 0) is 21.0 Å². The van der Waals surface area contributed by atoms with E-state index in [1.54, 1.807) is 0 Å². The molecule has 0 amide bonds. The Morgan fingerprint density at radius 2 is 2.10 bits per heavy atom. The van der Waals surface area contributed by atoms with E-state index in [9.17, 15) is 4.79 Å². The van der Waals surface area contributed by atoms with Crippen molar-refractivity contribution in [1.29, 1.82) is 0 Å². The maximum atomic E-state index is 10.4. The summed E-state index contributed by atoms with van der Waals surface area (Å²) in [4.78, 5) is 12.4. The van der Waals surface area contributed by atoms with Gasteiger partial charge in [-0.1, -0.05) is 0 Å². The highest BCUT2D eigenvalue weighted by molar-refractivity contribution is 5.66. The predicted octanol–water partition coefficient (Wildman–Crippen LogP) is 0.500. The molecule has 0 aliphatic heterocycles. The van der Waals surface area contributed by atoms with Gasteiger partial charge in [0.1, 0.15) is 6.10 Å². The van der Waals surface area contributed by atoms with E-state index in [0.717, 1.165) is 6.54 Å². The fourth-order valence-electron chi connectivity index (χ4n) is 0.835. The Morgan fingerprint density at radius 3 is 2.40 bits per heavy atom. The van der Waals surface area contributed by atoms with Crippen LogP contribution in [0, 0.1) is 0 Å². The fourth-order valence-corrected chi connectivity index (χ4v) is 0.835. The number of esters is 1. The molecule has 0 spiro atoms. The summed E-state index contributed by atoms with van der Waals surface area (Å²) in [5.41, 5.74) is 0. The van der Waals surface area contributed by atoms with Crippen LogP contribution in [0.4, 0.5) is 0 Å². The summed E-state index contributed by atoms with van der Waals surface area (Å²) in [7, 11) is 3.89. The number of nitrogens with zero attached hydrogens (tertiary/aromatic N) is 1. The zero-order chi connectivity index (χ0) is 8.15. The molecule has 0 aromatic rings. The molecule has 0 saturated heterocycles. The average molecular weight is 145 g/mol. The molecular formula is C7H15NO2. The van der Waals surface area contributed by atoms with Crippen LogP contribution in [0.5, 0.6) is 0 Å². The topological polar surface area (TPSA) is 29.5 Å². The van der Waals surface area contributed by atoms with Gasteiger partial charge in [-0.15, -0.1) is 0 Å². The Bertz CT molecular complexity index is 112. The Morgan fingerprint density at radius 1 is 1.60 bits per heavy atom. The molecule has 0 N–H and O–H groups in total. The van der Waals surface area contributed by atoms with Crippen LogP contribution in [0.1, 0.15) is 13.8 Å². The van der Waals surface area contributed by atoms with Crippen molar-refractivity contribution in [3.05, 3.63) is 0 Å². The molecule has 0 saturated carbocycles. The molecule has 0 aromatic heterocycles. The normalized spacial score (nSPS) is 13.3. The largest absolute Gasteiger partial charge is 0.461 e. The van der Waals surface area contributed by atoms with Gasteiger partial charge < -0.3 is 9.64 Å². The number of likely N-dealkylation sites (N-methyl/N-ethyl adjacent to an activating group) is 1. The zero-order valence-corrected chi connectivity index (χ0v) is 7.05. The van der Waals surface area contributed by atoms with Crippen molar-refractivity contribution in [1.82, 2.24) is 4.90 Å². The lowest BCUT2D eigenvalue weighted by atomic mass is 10.4. The summed E-state index contributed by atoms with van der Waals surface area (Å²) in [6, 6.07) is 0. The molecule has 60 valence electrons. The van der Waals surface area contributed by atoms with Crippen LogP contribution in [0.25, 0.3) is 0 Å². The third-order valence-electron chi connectivity index (χ3n) is 0.989. The fraction of sp³-hybridized carbons (Fsp3) is 0.857. The van der Waals surface area contributed by atoms with E-state index in [4.69, 9.17) is 4.74 Å². The summed E-state index contributed by atoms with van der Waals surface area (Å²) in [6.07, 6.45) is -0.00694. The Labute approximate surface area is 62.0 Å². The van der Waals surface area contributed by atoms with Crippen molar-refractivity contribution < 1.29 is 9.53 Å².